The zero-order chi connectivity index (χ0) is 20.3. The topological polar surface area (TPSA) is 26.8 Å². The zero-order valence-corrected chi connectivity index (χ0v) is 17.4. The summed E-state index contributed by atoms with van der Waals surface area (Å²) in [7, 11) is 2.12. The van der Waals surface area contributed by atoms with Crippen molar-refractivity contribution in [2.24, 2.45) is 0 Å². The highest BCUT2D eigenvalue weighted by Crippen LogP contribution is 2.36. The number of amides is 1. The lowest BCUT2D eigenvalue weighted by Crippen LogP contribution is -2.39. The van der Waals surface area contributed by atoms with Crippen molar-refractivity contribution in [3.05, 3.63) is 58.9 Å². The van der Waals surface area contributed by atoms with E-state index in [1.54, 1.807) is 6.07 Å². The van der Waals surface area contributed by atoms with Crippen LogP contribution in [0.2, 0.25) is 0 Å². The Bertz CT molecular complexity index is 982. The summed E-state index contributed by atoms with van der Waals surface area (Å²) >= 11 is 0. The summed E-state index contributed by atoms with van der Waals surface area (Å²) in [5.41, 5.74) is 4.32. The molecule has 2 aromatic rings. The first-order chi connectivity index (χ1) is 13.8. The first-order valence-corrected chi connectivity index (χ1v) is 10.5. The lowest BCUT2D eigenvalue weighted by molar-refractivity contribution is 0.0766. The maximum Gasteiger partial charge on any atom is 0.254 e. The van der Waals surface area contributed by atoms with Crippen molar-refractivity contribution in [1.29, 1.82) is 0 Å². The van der Waals surface area contributed by atoms with Crippen molar-refractivity contribution < 1.29 is 9.18 Å². The fraction of sp³-hybridized carbons (Fsp3) is 0.458. The number of carbonyl (C=O) groups excluding carboxylic acids is 1. The van der Waals surface area contributed by atoms with Crippen molar-refractivity contribution in [3.63, 3.8) is 0 Å². The highest BCUT2D eigenvalue weighted by molar-refractivity contribution is 5.99. The Morgan fingerprint density at radius 3 is 2.52 bits per heavy atom. The van der Waals surface area contributed by atoms with Crippen molar-refractivity contribution in [2.75, 3.05) is 20.3 Å². The van der Waals surface area contributed by atoms with Gasteiger partial charge in [0, 0.05) is 42.3 Å². The summed E-state index contributed by atoms with van der Waals surface area (Å²) in [5, 5.41) is 0. The minimum absolute atomic E-state index is 0.0872. The molecule has 2 aromatic carbocycles. The van der Waals surface area contributed by atoms with E-state index in [0.717, 1.165) is 54.9 Å². The van der Waals surface area contributed by atoms with Crippen LogP contribution in [0.1, 0.15) is 48.2 Å². The number of rotatable bonds is 4. The van der Waals surface area contributed by atoms with Gasteiger partial charge in [0.25, 0.3) is 5.91 Å². The number of fused-ring (bicyclic) bond motifs is 1. The summed E-state index contributed by atoms with van der Waals surface area (Å²) in [4.78, 5) is 19.2. The van der Waals surface area contributed by atoms with Gasteiger partial charge in [-0.1, -0.05) is 18.2 Å². The van der Waals surface area contributed by atoms with Crippen molar-refractivity contribution in [3.8, 4) is 11.1 Å². The third-order valence-electron chi connectivity index (χ3n) is 6.57. The van der Waals surface area contributed by atoms with E-state index in [1.165, 1.54) is 0 Å². The van der Waals surface area contributed by atoms with E-state index >= 15 is 4.39 Å². The maximum absolute atomic E-state index is 15.0. The number of benzene rings is 2. The maximum atomic E-state index is 15.0. The monoisotopic (exact) mass is 393 g/mol. The van der Waals surface area contributed by atoms with Crippen LogP contribution >= 0.6 is 0 Å². The number of carbonyl (C=O) groups is 1. The molecule has 0 atom stereocenters. The van der Waals surface area contributed by atoms with Crippen LogP contribution in [0.5, 0.6) is 0 Å². The lowest BCUT2D eigenvalue weighted by Gasteiger charge is -2.30. The molecule has 1 aliphatic carbocycles. The van der Waals surface area contributed by atoms with Crippen molar-refractivity contribution >= 4 is 5.91 Å². The standard InChI is InChI=1S/C24H28FN3O/c1-24(2)14-26(3)15-27(24)12-16-4-8-20(22(25)10-16)17-5-9-21-18(11-17)13-28(23(21)29)19-6-7-19/h4-5,8-11,19H,6-7,12-15H2,1-3H3. The van der Waals surface area contributed by atoms with Crippen LogP contribution in [0.4, 0.5) is 4.39 Å². The molecular weight excluding hydrogens is 365 g/mol. The second kappa shape index (κ2) is 6.64. The first-order valence-electron chi connectivity index (χ1n) is 10.5. The second-order valence-electron chi connectivity index (χ2n) is 9.52. The van der Waals surface area contributed by atoms with E-state index in [0.29, 0.717) is 18.2 Å². The lowest BCUT2D eigenvalue weighted by atomic mass is 9.98. The molecule has 2 fully saturated rings. The fourth-order valence-electron chi connectivity index (χ4n) is 4.86. The van der Waals surface area contributed by atoms with Gasteiger partial charge >= 0.3 is 0 Å². The van der Waals surface area contributed by atoms with E-state index in [2.05, 4.69) is 30.7 Å². The average Bonchev–Trinajstić information content (AvgIpc) is 3.39. The Balaban J connectivity index is 1.38. The average molecular weight is 394 g/mol. The highest BCUT2D eigenvalue weighted by atomic mass is 19.1. The van der Waals surface area contributed by atoms with Crippen molar-refractivity contribution in [2.45, 2.75) is 51.4 Å². The van der Waals surface area contributed by atoms with Gasteiger partial charge < -0.3 is 4.90 Å². The van der Waals surface area contributed by atoms with Gasteiger partial charge in [0.2, 0.25) is 0 Å². The zero-order valence-electron chi connectivity index (χ0n) is 17.4. The molecule has 2 heterocycles. The number of halogens is 1. The predicted octanol–water partition coefficient (Wildman–Crippen LogP) is 4.09. The van der Waals surface area contributed by atoms with Crippen LogP contribution in [0.3, 0.4) is 0 Å². The first kappa shape index (κ1) is 18.8. The Hall–Kier alpha value is -2.24. The number of hydrogen-bond donors (Lipinski definition) is 0. The van der Waals surface area contributed by atoms with Crippen LogP contribution in [-0.2, 0) is 13.1 Å². The largest absolute Gasteiger partial charge is 0.331 e. The second-order valence-corrected chi connectivity index (χ2v) is 9.52. The van der Waals surface area contributed by atoms with E-state index in [1.807, 2.05) is 35.2 Å². The summed E-state index contributed by atoms with van der Waals surface area (Å²) in [5.74, 6) is -0.0701. The van der Waals surface area contributed by atoms with Crippen LogP contribution in [0.15, 0.2) is 36.4 Å². The van der Waals surface area contributed by atoms with Gasteiger partial charge in [-0.05, 0) is 68.6 Å². The molecule has 1 amide bonds. The SMILES string of the molecule is CN1CN(Cc2ccc(-c3ccc4c(c3)CN(C3CC3)C4=O)c(F)c2)C(C)(C)C1. The molecule has 5 rings (SSSR count). The molecule has 0 radical (unpaired) electrons. The van der Waals surface area contributed by atoms with Gasteiger partial charge in [0.15, 0.2) is 0 Å². The minimum Gasteiger partial charge on any atom is -0.331 e. The molecular formula is C24H28FN3O. The van der Waals surface area contributed by atoms with Crippen LogP contribution in [0, 0.1) is 5.82 Å². The Kier molecular flexibility index (Phi) is 4.30. The molecule has 2 aliphatic heterocycles. The molecule has 0 unspecified atom stereocenters. The number of likely N-dealkylation sites (N-methyl/N-ethyl adjacent to an activating group) is 1. The third kappa shape index (κ3) is 3.36. The molecule has 0 bridgehead atoms. The molecule has 29 heavy (non-hydrogen) atoms. The molecule has 0 aromatic heterocycles. The van der Waals surface area contributed by atoms with Gasteiger partial charge in [-0.25, -0.2) is 4.39 Å². The molecule has 5 heteroatoms. The van der Waals surface area contributed by atoms with Gasteiger partial charge in [0.1, 0.15) is 5.82 Å². The summed E-state index contributed by atoms with van der Waals surface area (Å²) in [6, 6.07) is 11.7. The number of nitrogens with zero attached hydrogens (tertiary/aromatic N) is 3. The van der Waals surface area contributed by atoms with Gasteiger partial charge in [-0.3, -0.25) is 14.6 Å². The Morgan fingerprint density at radius 1 is 1.10 bits per heavy atom. The van der Waals surface area contributed by atoms with Gasteiger partial charge in [-0.15, -0.1) is 0 Å². The predicted molar refractivity (Wildman–Crippen MR) is 112 cm³/mol. The quantitative estimate of drug-likeness (QED) is 0.783. The summed E-state index contributed by atoms with van der Waals surface area (Å²) in [6.07, 6.45) is 2.21. The number of hydrogen-bond acceptors (Lipinski definition) is 3. The van der Waals surface area contributed by atoms with E-state index < -0.39 is 0 Å². The molecule has 3 aliphatic rings. The Morgan fingerprint density at radius 2 is 1.86 bits per heavy atom. The van der Waals surface area contributed by atoms with E-state index in [9.17, 15) is 4.79 Å². The van der Waals surface area contributed by atoms with E-state index in [4.69, 9.17) is 0 Å². The van der Waals surface area contributed by atoms with E-state index in [-0.39, 0.29) is 17.3 Å². The Labute approximate surface area is 171 Å². The van der Waals surface area contributed by atoms with Crippen molar-refractivity contribution in [1.82, 2.24) is 14.7 Å². The smallest absolute Gasteiger partial charge is 0.254 e. The molecule has 1 saturated heterocycles. The summed E-state index contributed by atoms with van der Waals surface area (Å²) < 4.78 is 15.0. The summed E-state index contributed by atoms with van der Waals surface area (Å²) in [6.45, 7) is 7.77. The molecule has 152 valence electrons. The van der Waals surface area contributed by atoms with Crippen LogP contribution < -0.4 is 0 Å². The highest BCUT2D eigenvalue weighted by Gasteiger charge is 2.38. The normalized spacial score (nSPS) is 21.8. The molecule has 0 N–H and O–H groups in total. The minimum atomic E-state index is -0.198. The van der Waals surface area contributed by atoms with Gasteiger partial charge in [-0.2, -0.15) is 0 Å². The van der Waals surface area contributed by atoms with Crippen LogP contribution in [0.25, 0.3) is 11.1 Å². The molecule has 1 saturated carbocycles. The molecule has 0 spiro atoms. The third-order valence-corrected chi connectivity index (χ3v) is 6.57. The van der Waals surface area contributed by atoms with Gasteiger partial charge in [0.05, 0.1) is 6.67 Å². The molecule has 4 nitrogen and oxygen atoms in total. The van der Waals surface area contributed by atoms with Crippen LogP contribution in [-0.4, -0.2) is 52.4 Å². The fourth-order valence-corrected chi connectivity index (χ4v) is 4.86.